The van der Waals surface area contributed by atoms with E-state index in [2.05, 4.69) is 35.9 Å². The summed E-state index contributed by atoms with van der Waals surface area (Å²) in [5.74, 6) is 14.3. The number of hydrogen-bond donors (Lipinski definition) is 1. The molecule has 4 rings (SSSR count). The average molecular weight is 488 g/mol. The van der Waals surface area contributed by atoms with Crippen LogP contribution in [0.25, 0.3) is 0 Å². The summed E-state index contributed by atoms with van der Waals surface area (Å²) in [5, 5.41) is 4.60. The second kappa shape index (κ2) is 14.2. The molecule has 1 aliphatic heterocycles. The topological polar surface area (TPSA) is 21.3 Å². The van der Waals surface area contributed by atoms with Gasteiger partial charge >= 0.3 is 0 Å². The number of halogens is 1. The minimum Gasteiger partial charge on any atom is -0.378 e. The Hall–Kier alpha value is -0.680. The van der Waals surface area contributed by atoms with Crippen molar-refractivity contribution in [1.29, 1.82) is 0 Å². The Labute approximate surface area is 212 Å². The molecule has 2 nitrogen and oxygen atoms in total. The van der Waals surface area contributed by atoms with Crippen LogP contribution in [0.2, 0.25) is 0 Å². The normalized spacial score (nSPS) is 37.7. The van der Waals surface area contributed by atoms with Crippen molar-refractivity contribution in [3.8, 4) is 23.7 Å². The third-order valence-corrected chi connectivity index (χ3v) is 9.76. The van der Waals surface area contributed by atoms with E-state index in [4.69, 9.17) is 4.74 Å². The lowest BCUT2D eigenvalue weighted by Gasteiger charge is -2.27. The number of unbranched alkanes of at least 4 members (excludes halogenated alkanes) is 4. The molecule has 34 heavy (non-hydrogen) atoms. The number of ether oxygens (including phenoxy) is 1. The number of nitrogens with one attached hydrogen (secondary N) is 1. The second-order valence-corrected chi connectivity index (χ2v) is 12.4. The Kier molecular flexibility index (Phi) is 11.0. The van der Waals surface area contributed by atoms with Crippen molar-refractivity contribution >= 4 is 11.8 Å². The van der Waals surface area contributed by atoms with Crippen LogP contribution in [-0.4, -0.2) is 35.5 Å². The van der Waals surface area contributed by atoms with E-state index >= 15 is 0 Å². The molecule has 3 saturated carbocycles. The molecule has 6 atom stereocenters. The summed E-state index contributed by atoms with van der Waals surface area (Å²) >= 11 is 1.98. The highest BCUT2D eigenvalue weighted by molar-refractivity contribution is 8.01. The molecule has 4 fully saturated rings. The predicted molar refractivity (Wildman–Crippen MR) is 142 cm³/mol. The smallest absolute Gasteiger partial charge is 0.116 e. The summed E-state index contributed by atoms with van der Waals surface area (Å²) in [4.78, 5) is 0. The van der Waals surface area contributed by atoms with Crippen LogP contribution in [0.1, 0.15) is 110 Å². The molecule has 4 aliphatic rings. The Balaban J connectivity index is 1.12. The average Bonchev–Trinajstić information content (AvgIpc) is 3.28. The number of thioether (sulfide) groups is 1. The lowest BCUT2D eigenvalue weighted by Crippen LogP contribution is -2.35. The van der Waals surface area contributed by atoms with Crippen LogP contribution >= 0.6 is 11.8 Å². The molecular weight excluding hydrogens is 441 g/mol. The summed E-state index contributed by atoms with van der Waals surface area (Å²) in [7, 11) is 0. The molecule has 190 valence electrons. The lowest BCUT2D eigenvalue weighted by atomic mass is 9.80. The van der Waals surface area contributed by atoms with Crippen LogP contribution in [0.5, 0.6) is 0 Å². The lowest BCUT2D eigenvalue weighted by molar-refractivity contribution is 0.0209. The zero-order chi connectivity index (χ0) is 23.6. The van der Waals surface area contributed by atoms with Crippen molar-refractivity contribution in [2.45, 2.75) is 139 Å². The van der Waals surface area contributed by atoms with Gasteiger partial charge in [-0.25, -0.2) is 4.39 Å². The first-order chi connectivity index (χ1) is 16.7. The highest BCUT2D eigenvalue weighted by Gasteiger charge is 2.35. The van der Waals surface area contributed by atoms with Crippen molar-refractivity contribution < 1.29 is 9.13 Å². The van der Waals surface area contributed by atoms with Gasteiger partial charge in [-0.15, -0.1) is 11.8 Å². The minimum absolute atomic E-state index is 0.0994. The fourth-order valence-electron chi connectivity index (χ4n) is 6.09. The van der Waals surface area contributed by atoms with Crippen LogP contribution in [0.15, 0.2) is 0 Å². The van der Waals surface area contributed by atoms with Crippen molar-refractivity contribution in [3.05, 3.63) is 0 Å². The maximum Gasteiger partial charge on any atom is 0.116 e. The summed E-state index contributed by atoms with van der Waals surface area (Å²) in [5.41, 5.74) is 0. The van der Waals surface area contributed by atoms with Crippen molar-refractivity contribution in [2.24, 2.45) is 17.8 Å². The molecule has 6 unspecified atom stereocenters. The van der Waals surface area contributed by atoms with Gasteiger partial charge in [-0.3, -0.25) is 5.32 Å². The zero-order valence-electron chi connectivity index (χ0n) is 21.3. The van der Waals surface area contributed by atoms with E-state index in [1.165, 1.54) is 57.8 Å². The van der Waals surface area contributed by atoms with E-state index in [-0.39, 0.29) is 17.2 Å². The number of fused-ring (bicyclic) bond motifs is 1. The largest absolute Gasteiger partial charge is 0.378 e. The van der Waals surface area contributed by atoms with Crippen LogP contribution < -0.4 is 5.32 Å². The van der Waals surface area contributed by atoms with Crippen molar-refractivity contribution in [1.82, 2.24) is 5.32 Å². The van der Waals surface area contributed by atoms with Gasteiger partial charge in [0.2, 0.25) is 0 Å². The van der Waals surface area contributed by atoms with Crippen LogP contribution in [-0.2, 0) is 4.74 Å². The molecule has 0 spiro atoms. The molecule has 1 N–H and O–H groups in total. The number of rotatable bonds is 7. The summed E-state index contributed by atoms with van der Waals surface area (Å²) in [6.45, 7) is 3.18. The van der Waals surface area contributed by atoms with Crippen LogP contribution in [0.3, 0.4) is 0 Å². The van der Waals surface area contributed by atoms with Gasteiger partial charge in [-0.05, 0) is 64.2 Å². The van der Waals surface area contributed by atoms with E-state index < -0.39 is 6.17 Å². The fraction of sp³-hybridized carbons (Fsp3) is 0.867. The van der Waals surface area contributed by atoms with Gasteiger partial charge in [0.1, 0.15) is 11.5 Å². The Morgan fingerprint density at radius 1 is 0.824 bits per heavy atom. The quantitative estimate of drug-likeness (QED) is 0.301. The highest BCUT2D eigenvalue weighted by Crippen LogP contribution is 2.37. The molecule has 0 amide bonds. The van der Waals surface area contributed by atoms with Crippen LogP contribution in [0, 0.1) is 41.4 Å². The first-order valence-corrected chi connectivity index (χ1v) is 15.3. The third-order valence-electron chi connectivity index (χ3n) is 8.32. The minimum atomic E-state index is -0.823. The Morgan fingerprint density at radius 2 is 1.59 bits per heavy atom. The van der Waals surface area contributed by atoms with E-state index in [1.807, 2.05) is 11.8 Å². The molecule has 0 aromatic carbocycles. The first kappa shape index (κ1) is 26.4. The van der Waals surface area contributed by atoms with Gasteiger partial charge in [0.05, 0.1) is 12.0 Å². The SMILES string of the molecule is CCCCCCCOC1CCC(C#CC2CCC(C#CC3NC4CCCCC4S3)C(F)C2)CC1. The van der Waals surface area contributed by atoms with Gasteiger partial charge in [-0.1, -0.05) is 69.1 Å². The summed E-state index contributed by atoms with van der Waals surface area (Å²) in [6.07, 6.45) is 18.3. The van der Waals surface area contributed by atoms with Crippen molar-refractivity contribution in [3.63, 3.8) is 0 Å². The Bertz CT molecular complexity index is 714. The monoisotopic (exact) mass is 487 g/mol. The standard InChI is InChI=1S/C30H46FNOS/c1-2-3-4-5-8-21-33-26-18-14-23(15-19-26)11-12-24-13-16-25(27(31)22-24)17-20-30-32-28-9-6-7-10-29(28)34-30/h23-30,32H,2-10,13-16,18-19,21-22H2,1H3. The predicted octanol–water partition coefficient (Wildman–Crippen LogP) is 7.27. The molecule has 0 radical (unpaired) electrons. The second-order valence-electron chi connectivity index (χ2n) is 11.1. The van der Waals surface area contributed by atoms with E-state index in [1.54, 1.807) is 0 Å². The molecule has 4 heteroatoms. The van der Waals surface area contributed by atoms with Gasteiger partial charge in [0, 0.05) is 29.7 Å². The van der Waals surface area contributed by atoms with E-state index in [9.17, 15) is 4.39 Å². The number of alkyl halides is 1. The molecule has 1 saturated heterocycles. The van der Waals surface area contributed by atoms with Gasteiger partial charge in [-0.2, -0.15) is 0 Å². The van der Waals surface area contributed by atoms with Gasteiger partial charge in [0.15, 0.2) is 0 Å². The maximum atomic E-state index is 14.9. The molecule has 1 heterocycles. The van der Waals surface area contributed by atoms with Crippen molar-refractivity contribution in [2.75, 3.05) is 6.61 Å². The molecule has 0 aromatic heterocycles. The summed E-state index contributed by atoms with van der Waals surface area (Å²) < 4.78 is 21.0. The summed E-state index contributed by atoms with van der Waals surface area (Å²) in [6, 6.07) is 0.627. The van der Waals surface area contributed by atoms with Crippen LogP contribution in [0.4, 0.5) is 4.39 Å². The molecule has 0 aromatic rings. The van der Waals surface area contributed by atoms with Gasteiger partial charge in [0.25, 0.3) is 0 Å². The first-order valence-electron chi connectivity index (χ1n) is 14.4. The maximum absolute atomic E-state index is 14.9. The third kappa shape index (κ3) is 8.18. The highest BCUT2D eigenvalue weighted by atomic mass is 32.2. The molecule has 0 bridgehead atoms. The Morgan fingerprint density at radius 3 is 2.38 bits per heavy atom. The van der Waals surface area contributed by atoms with E-state index in [0.29, 0.717) is 24.5 Å². The molecular formula is C30H46FNOS. The van der Waals surface area contributed by atoms with E-state index in [0.717, 1.165) is 50.4 Å². The zero-order valence-corrected chi connectivity index (χ0v) is 22.2. The van der Waals surface area contributed by atoms with Gasteiger partial charge < -0.3 is 4.74 Å². The molecule has 3 aliphatic carbocycles. The fourth-order valence-corrected chi connectivity index (χ4v) is 7.54. The number of hydrogen-bond acceptors (Lipinski definition) is 3.